The molecule has 194 valence electrons. The molecule has 0 saturated heterocycles. The fourth-order valence-electron chi connectivity index (χ4n) is 4.87. The molecule has 0 amide bonds. The van der Waals surface area contributed by atoms with Crippen molar-refractivity contribution < 1.29 is 47.7 Å². The molecule has 34 heavy (non-hydrogen) atoms. The van der Waals surface area contributed by atoms with Gasteiger partial charge in [-0.05, 0) is 54.7 Å². The summed E-state index contributed by atoms with van der Waals surface area (Å²) in [6, 6.07) is 3.36. The summed E-state index contributed by atoms with van der Waals surface area (Å²) in [7, 11) is -13.6. The molecule has 0 atom stereocenters. The van der Waals surface area contributed by atoms with Crippen molar-refractivity contribution in [2.24, 2.45) is 0 Å². The Bertz CT molecular complexity index is 1110. The van der Waals surface area contributed by atoms with E-state index in [0.717, 1.165) is 44.6 Å². The van der Waals surface area contributed by atoms with E-state index < -0.39 is 47.2 Å². The van der Waals surface area contributed by atoms with Crippen LogP contribution in [0.2, 0.25) is 0 Å². The molecular weight excluding hydrogens is 510 g/mol. The molecule has 1 aromatic rings. The maximum atomic E-state index is 14.7. The van der Waals surface area contributed by atoms with Crippen LogP contribution in [-0.2, 0) is 20.0 Å². The highest BCUT2D eigenvalue weighted by Crippen LogP contribution is 2.53. The molecule has 1 N–H and O–H groups in total. The van der Waals surface area contributed by atoms with Crippen molar-refractivity contribution in [2.75, 3.05) is 0 Å². The summed E-state index contributed by atoms with van der Waals surface area (Å²) in [6.07, 6.45) is 7.32. The van der Waals surface area contributed by atoms with Gasteiger partial charge in [-0.15, -0.1) is 0 Å². The van der Waals surface area contributed by atoms with Crippen LogP contribution in [0.15, 0.2) is 23.1 Å². The van der Waals surface area contributed by atoms with Gasteiger partial charge in [0.05, 0.1) is 4.90 Å². The Hall–Kier alpha value is -1.34. The zero-order valence-electron chi connectivity index (χ0n) is 18.1. The average molecular weight is 537 g/mol. The third-order valence-electron chi connectivity index (χ3n) is 6.84. The molecule has 0 heterocycles. The van der Waals surface area contributed by atoms with E-state index in [1.54, 1.807) is 0 Å². The van der Waals surface area contributed by atoms with E-state index in [2.05, 4.69) is 0 Å². The van der Waals surface area contributed by atoms with Crippen molar-refractivity contribution in [2.45, 2.75) is 97.4 Å². The van der Waals surface area contributed by atoms with Gasteiger partial charge in [-0.2, -0.15) is 34.8 Å². The second kappa shape index (κ2) is 9.27. The Balaban J connectivity index is 2.15. The van der Waals surface area contributed by atoms with Gasteiger partial charge in [-0.1, -0.05) is 50.7 Å². The van der Waals surface area contributed by atoms with Crippen LogP contribution in [0.3, 0.4) is 0 Å². The first-order valence-corrected chi connectivity index (χ1v) is 14.0. The summed E-state index contributed by atoms with van der Waals surface area (Å²) < 4.78 is 141. The molecule has 13 heteroatoms. The molecule has 0 bridgehead atoms. The largest absolute Gasteiger partial charge is 0.439 e. The van der Waals surface area contributed by atoms with Gasteiger partial charge in [0, 0.05) is 0 Å². The minimum atomic E-state index is -7.07. The minimum absolute atomic E-state index is 0.0265. The van der Waals surface area contributed by atoms with E-state index in [1.807, 2.05) is 0 Å². The first-order chi connectivity index (χ1) is 15.6. The lowest BCUT2D eigenvalue weighted by atomic mass is 9.80. The smallest absolute Gasteiger partial charge is 0.281 e. The molecule has 0 unspecified atom stereocenters. The van der Waals surface area contributed by atoms with Gasteiger partial charge in [0.15, 0.2) is 0 Å². The zero-order valence-corrected chi connectivity index (χ0v) is 19.8. The molecule has 5 nitrogen and oxygen atoms in total. The number of sulfone groups is 1. The molecular formula is C21H26F6O5S2. The maximum Gasteiger partial charge on any atom is 0.439 e. The third kappa shape index (κ3) is 4.47. The standard InChI is InChI=1S/C21H26F6O5S2/c22-19(23,21(26,27)34(30,31)32)20(24,25)33(28,29)18-12-11-16(14-7-3-1-4-8-14)13-17(18)15-9-5-2-6-10-15/h11-15H,1-10H2,(H,30,31,32). The van der Waals surface area contributed by atoms with Crippen LogP contribution in [0.5, 0.6) is 0 Å². The average Bonchev–Trinajstić information content (AvgIpc) is 2.78. The van der Waals surface area contributed by atoms with E-state index in [0.29, 0.717) is 31.2 Å². The van der Waals surface area contributed by atoms with Crippen LogP contribution >= 0.6 is 0 Å². The van der Waals surface area contributed by atoms with Crippen molar-refractivity contribution in [3.8, 4) is 0 Å². The van der Waals surface area contributed by atoms with Crippen LogP contribution in [-0.4, -0.2) is 37.8 Å². The van der Waals surface area contributed by atoms with Crippen molar-refractivity contribution in [1.29, 1.82) is 0 Å². The lowest BCUT2D eigenvalue weighted by Crippen LogP contribution is -2.60. The molecule has 1 aromatic carbocycles. The van der Waals surface area contributed by atoms with Crippen LogP contribution in [0.1, 0.15) is 87.2 Å². The fraction of sp³-hybridized carbons (Fsp3) is 0.714. The number of alkyl halides is 6. The van der Waals surface area contributed by atoms with Gasteiger partial charge in [-0.3, -0.25) is 4.55 Å². The lowest BCUT2D eigenvalue weighted by Gasteiger charge is -2.32. The second-order valence-electron chi connectivity index (χ2n) is 9.05. The topological polar surface area (TPSA) is 88.5 Å². The van der Waals surface area contributed by atoms with Crippen molar-refractivity contribution in [1.82, 2.24) is 0 Å². The zero-order chi connectivity index (χ0) is 25.6. The first kappa shape index (κ1) is 27.3. The molecule has 0 spiro atoms. The van der Waals surface area contributed by atoms with Crippen molar-refractivity contribution >= 4 is 20.0 Å². The summed E-state index contributed by atoms with van der Waals surface area (Å²) in [5.74, 6) is -7.48. The van der Waals surface area contributed by atoms with Crippen LogP contribution in [0.4, 0.5) is 26.3 Å². The molecule has 3 rings (SSSR count). The minimum Gasteiger partial charge on any atom is -0.281 e. The molecule has 0 aromatic heterocycles. The van der Waals surface area contributed by atoms with Gasteiger partial charge in [0.2, 0.25) is 0 Å². The Morgan fingerprint density at radius 3 is 1.65 bits per heavy atom. The predicted molar refractivity (Wildman–Crippen MR) is 112 cm³/mol. The Kier molecular flexibility index (Phi) is 7.43. The van der Waals surface area contributed by atoms with Gasteiger partial charge in [0.1, 0.15) is 0 Å². The second-order valence-corrected chi connectivity index (χ2v) is 12.5. The SMILES string of the molecule is O=S(=O)(O)C(F)(F)C(F)(F)C(F)(F)S(=O)(=O)c1ccc(C2CCCCC2)cc1C1CCCCC1. The quantitative estimate of drug-likeness (QED) is 0.328. The highest BCUT2D eigenvalue weighted by atomic mass is 32.2. The summed E-state index contributed by atoms with van der Waals surface area (Å²) in [4.78, 5) is -1.23. The van der Waals surface area contributed by atoms with Crippen LogP contribution in [0, 0.1) is 0 Å². The van der Waals surface area contributed by atoms with E-state index in [-0.39, 0.29) is 11.5 Å². The fourth-order valence-corrected chi connectivity index (χ4v) is 6.91. The molecule has 2 aliphatic carbocycles. The lowest BCUT2D eigenvalue weighted by molar-refractivity contribution is -0.245. The summed E-state index contributed by atoms with van der Waals surface area (Å²) >= 11 is 0. The number of hydrogen-bond donors (Lipinski definition) is 1. The number of rotatable bonds is 7. The number of benzene rings is 1. The first-order valence-electron chi connectivity index (χ1n) is 11.0. The summed E-state index contributed by atoms with van der Waals surface area (Å²) in [5.41, 5.74) is 0.519. The molecule has 2 saturated carbocycles. The van der Waals surface area contributed by atoms with Crippen LogP contribution in [0.25, 0.3) is 0 Å². The van der Waals surface area contributed by atoms with E-state index in [9.17, 15) is 43.2 Å². The van der Waals surface area contributed by atoms with Gasteiger partial charge >= 0.3 is 26.5 Å². The van der Waals surface area contributed by atoms with E-state index >= 15 is 0 Å². The van der Waals surface area contributed by atoms with Crippen LogP contribution < -0.4 is 0 Å². The van der Waals surface area contributed by atoms with E-state index in [1.165, 1.54) is 12.1 Å². The Labute approximate surface area is 194 Å². The van der Waals surface area contributed by atoms with Gasteiger partial charge < -0.3 is 0 Å². The van der Waals surface area contributed by atoms with Crippen molar-refractivity contribution in [3.63, 3.8) is 0 Å². The van der Waals surface area contributed by atoms with E-state index in [4.69, 9.17) is 4.55 Å². The maximum absolute atomic E-state index is 14.7. The predicted octanol–water partition coefficient (Wildman–Crippen LogP) is 6.26. The number of halogens is 6. The Morgan fingerprint density at radius 2 is 1.18 bits per heavy atom. The normalized spacial score (nSPS) is 20.4. The monoisotopic (exact) mass is 536 g/mol. The van der Waals surface area contributed by atoms with Crippen molar-refractivity contribution in [3.05, 3.63) is 29.3 Å². The molecule has 2 aliphatic rings. The van der Waals surface area contributed by atoms with Gasteiger partial charge in [-0.25, -0.2) is 8.42 Å². The van der Waals surface area contributed by atoms with Gasteiger partial charge in [0.25, 0.3) is 9.84 Å². The summed E-state index contributed by atoms with van der Waals surface area (Å²) in [6.45, 7) is 0. The Morgan fingerprint density at radius 1 is 0.706 bits per heavy atom. The molecule has 0 radical (unpaired) electrons. The highest BCUT2D eigenvalue weighted by molar-refractivity contribution is 7.92. The molecule has 2 fully saturated rings. The molecule has 0 aliphatic heterocycles. The number of hydrogen-bond acceptors (Lipinski definition) is 4. The summed E-state index contributed by atoms with van der Waals surface area (Å²) in [5, 5.41) is -13.3. The third-order valence-corrected chi connectivity index (χ3v) is 9.62. The highest BCUT2D eigenvalue weighted by Gasteiger charge is 2.82.